The first kappa shape index (κ1) is 29.6. The molecule has 0 radical (unpaired) electrons. The highest BCUT2D eigenvalue weighted by molar-refractivity contribution is 7.52. The summed E-state index contributed by atoms with van der Waals surface area (Å²) >= 11 is 0. The molecule has 4 rings (SSSR count). The molecule has 1 aliphatic heterocycles. The summed E-state index contributed by atoms with van der Waals surface area (Å²) in [6.45, 7) is 3.86. The van der Waals surface area contributed by atoms with E-state index in [0.717, 1.165) is 18.0 Å². The number of benzene rings is 1. The zero-order valence-electron chi connectivity index (χ0n) is 22.0. The second-order valence-corrected chi connectivity index (χ2v) is 10.9. The highest BCUT2D eigenvalue weighted by atomic mass is 31.2. The standard InChI is InChI=1S/C23H30FN6O9P/c1-12(2)37-21(33)13(3)29-40(34,39-14-8-6-5-7-9-14)36-10-23(35-4)17(31)15(24)20(38-23)30-11-26-16-18(30)27-22(25)28-19(16)32/h5-9,11-13,15,17,20,31H,10H2,1-4H3,(H,29,34)(H3,25,27,28,32)/t13-,15-,17+,20-,23-,40+/m1/s1. The highest BCUT2D eigenvalue weighted by Crippen LogP contribution is 2.48. The minimum absolute atomic E-state index is 0.105. The predicted octanol–water partition coefficient (Wildman–Crippen LogP) is 1.41. The number of H-pyrrole nitrogens is 1. The van der Waals surface area contributed by atoms with Crippen LogP contribution in [0, 0.1) is 0 Å². The Morgan fingerprint density at radius 2 is 2.05 bits per heavy atom. The number of carbonyl (C=O) groups excluding carboxylic acids is 1. The molecule has 5 N–H and O–H groups in total. The van der Waals surface area contributed by atoms with Gasteiger partial charge in [-0.25, -0.2) is 13.9 Å². The Morgan fingerprint density at radius 3 is 2.70 bits per heavy atom. The van der Waals surface area contributed by atoms with E-state index in [1.165, 1.54) is 19.1 Å². The minimum atomic E-state index is -4.42. The SMILES string of the molecule is CO[C@]1(CO[P@@](=O)(N[C@H](C)C(=O)OC(C)C)Oc2ccccc2)O[C@@H](n2cnc3c(=O)[nH]c(N)nc32)[C@H](F)[C@@H]1O. The summed E-state index contributed by atoms with van der Waals surface area (Å²) in [4.78, 5) is 34.7. The summed E-state index contributed by atoms with van der Waals surface area (Å²) in [6, 6.07) is 6.79. The Kier molecular flexibility index (Phi) is 8.58. The fraction of sp³-hybridized carbons (Fsp3) is 0.478. The first-order valence-electron chi connectivity index (χ1n) is 12.1. The maximum absolute atomic E-state index is 15.5. The van der Waals surface area contributed by atoms with Crippen molar-refractivity contribution in [3.63, 3.8) is 0 Å². The van der Waals surface area contributed by atoms with Crippen LogP contribution in [0.1, 0.15) is 27.0 Å². The number of para-hydroxylation sites is 1. The van der Waals surface area contributed by atoms with Gasteiger partial charge in [0.2, 0.25) is 11.7 Å². The van der Waals surface area contributed by atoms with E-state index in [2.05, 4.69) is 20.0 Å². The van der Waals surface area contributed by atoms with Gasteiger partial charge in [-0.05, 0) is 32.9 Å². The van der Waals surface area contributed by atoms with E-state index >= 15 is 4.39 Å². The van der Waals surface area contributed by atoms with Crippen LogP contribution in [0.4, 0.5) is 10.3 Å². The van der Waals surface area contributed by atoms with Crippen LogP contribution in [-0.4, -0.2) is 74.5 Å². The number of hydrogen-bond donors (Lipinski definition) is 4. The maximum Gasteiger partial charge on any atom is 0.459 e. The number of aliphatic hydroxyl groups excluding tert-OH is 1. The Bertz CT molecular complexity index is 1450. The van der Waals surface area contributed by atoms with Crippen LogP contribution in [0.15, 0.2) is 41.5 Å². The number of anilines is 1. The molecule has 218 valence electrons. The molecule has 3 aromatic rings. The number of rotatable bonds is 11. The summed E-state index contributed by atoms with van der Waals surface area (Å²) in [5.74, 6) is -3.06. The first-order valence-corrected chi connectivity index (χ1v) is 13.7. The number of methoxy groups -OCH3 is 1. The average Bonchev–Trinajstić information content (AvgIpc) is 3.42. The molecule has 0 aliphatic carbocycles. The number of nitrogens with zero attached hydrogens (tertiary/aromatic N) is 3. The van der Waals surface area contributed by atoms with Crippen LogP contribution in [-0.2, 0) is 28.1 Å². The van der Waals surface area contributed by atoms with Crippen molar-refractivity contribution in [2.24, 2.45) is 0 Å². The molecule has 2 aromatic heterocycles. The molecule has 3 heterocycles. The van der Waals surface area contributed by atoms with Gasteiger partial charge in [0, 0.05) is 7.11 Å². The van der Waals surface area contributed by atoms with E-state index in [4.69, 9.17) is 29.0 Å². The lowest BCUT2D eigenvalue weighted by atomic mass is 10.1. The third kappa shape index (κ3) is 6.01. The number of nitrogen functional groups attached to an aromatic ring is 1. The molecule has 1 saturated heterocycles. The molecular formula is C23H30FN6O9P. The molecule has 40 heavy (non-hydrogen) atoms. The van der Waals surface area contributed by atoms with Crippen molar-refractivity contribution in [3.05, 3.63) is 47.0 Å². The van der Waals surface area contributed by atoms with Gasteiger partial charge in [0.05, 0.1) is 12.4 Å². The van der Waals surface area contributed by atoms with Gasteiger partial charge in [0.1, 0.15) is 24.5 Å². The number of aromatic nitrogens is 4. The number of esters is 1. The minimum Gasteiger partial charge on any atom is -0.462 e. The Morgan fingerprint density at radius 1 is 1.35 bits per heavy atom. The Hall–Kier alpha value is -3.40. The van der Waals surface area contributed by atoms with Gasteiger partial charge in [0.15, 0.2) is 23.6 Å². The number of ether oxygens (including phenoxy) is 3. The van der Waals surface area contributed by atoms with Crippen LogP contribution >= 0.6 is 7.75 Å². The molecule has 1 aromatic carbocycles. The molecule has 0 saturated carbocycles. The van der Waals surface area contributed by atoms with Gasteiger partial charge in [-0.15, -0.1) is 0 Å². The quantitative estimate of drug-likeness (QED) is 0.186. The van der Waals surface area contributed by atoms with Gasteiger partial charge in [-0.1, -0.05) is 18.2 Å². The summed E-state index contributed by atoms with van der Waals surface area (Å²) in [5.41, 5.74) is 4.71. The number of hydrogen-bond acceptors (Lipinski definition) is 12. The Balaban J connectivity index is 1.60. The second kappa shape index (κ2) is 11.6. The van der Waals surface area contributed by atoms with Crippen molar-refractivity contribution >= 4 is 30.8 Å². The molecule has 0 spiro atoms. The summed E-state index contributed by atoms with van der Waals surface area (Å²) in [5, 5.41) is 13.3. The number of imidazole rings is 1. The van der Waals surface area contributed by atoms with Crippen molar-refractivity contribution in [1.82, 2.24) is 24.6 Å². The summed E-state index contributed by atoms with van der Waals surface area (Å²) < 4.78 is 57.8. The molecular weight excluding hydrogens is 554 g/mol. The van der Waals surface area contributed by atoms with Gasteiger partial charge in [-0.2, -0.15) is 10.1 Å². The fourth-order valence-corrected chi connectivity index (χ4v) is 5.44. The molecule has 0 bridgehead atoms. The lowest BCUT2D eigenvalue weighted by Gasteiger charge is -2.32. The predicted molar refractivity (Wildman–Crippen MR) is 138 cm³/mol. The van der Waals surface area contributed by atoms with Crippen LogP contribution < -0.4 is 20.9 Å². The van der Waals surface area contributed by atoms with Gasteiger partial charge < -0.3 is 29.6 Å². The molecule has 0 unspecified atom stereocenters. The van der Waals surface area contributed by atoms with Crippen molar-refractivity contribution in [2.75, 3.05) is 19.5 Å². The molecule has 15 nitrogen and oxygen atoms in total. The average molecular weight is 584 g/mol. The van der Waals surface area contributed by atoms with E-state index in [1.807, 2.05) is 0 Å². The molecule has 1 aliphatic rings. The van der Waals surface area contributed by atoms with Crippen LogP contribution in [0.2, 0.25) is 0 Å². The largest absolute Gasteiger partial charge is 0.462 e. The van der Waals surface area contributed by atoms with Crippen molar-refractivity contribution in [2.45, 2.75) is 57.2 Å². The van der Waals surface area contributed by atoms with E-state index in [1.54, 1.807) is 32.0 Å². The number of nitrogens with one attached hydrogen (secondary N) is 2. The summed E-state index contributed by atoms with van der Waals surface area (Å²) in [7, 11) is -3.30. The fourth-order valence-electron chi connectivity index (χ4n) is 3.93. The topological polar surface area (TPSA) is 202 Å². The monoisotopic (exact) mass is 584 g/mol. The van der Waals surface area contributed by atoms with Gasteiger partial charge >= 0.3 is 13.7 Å². The molecule has 0 amide bonds. The van der Waals surface area contributed by atoms with Crippen LogP contribution in [0.5, 0.6) is 5.75 Å². The van der Waals surface area contributed by atoms with Gasteiger partial charge in [-0.3, -0.25) is 23.7 Å². The lowest BCUT2D eigenvalue weighted by molar-refractivity contribution is -0.266. The number of carbonyl (C=O) groups is 1. The Labute approximate surface area is 227 Å². The van der Waals surface area contributed by atoms with E-state index in [9.17, 15) is 19.3 Å². The van der Waals surface area contributed by atoms with Crippen LogP contribution in [0.25, 0.3) is 11.2 Å². The number of halogens is 1. The van der Waals surface area contributed by atoms with Crippen molar-refractivity contribution in [3.8, 4) is 5.75 Å². The normalized spacial score (nSPS) is 25.1. The van der Waals surface area contributed by atoms with Crippen molar-refractivity contribution in [1.29, 1.82) is 0 Å². The second-order valence-electron chi connectivity index (χ2n) is 9.20. The maximum atomic E-state index is 15.5. The van der Waals surface area contributed by atoms with E-state index in [-0.39, 0.29) is 22.9 Å². The number of aliphatic hydroxyl groups is 1. The first-order chi connectivity index (χ1) is 18.9. The molecule has 1 fully saturated rings. The van der Waals surface area contributed by atoms with Crippen molar-refractivity contribution < 1.29 is 42.1 Å². The number of alkyl halides is 1. The van der Waals surface area contributed by atoms with Gasteiger partial charge in [0.25, 0.3) is 5.56 Å². The number of fused-ring (bicyclic) bond motifs is 1. The molecule has 6 atom stereocenters. The zero-order chi connectivity index (χ0) is 29.2. The van der Waals surface area contributed by atoms with E-state index < -0.39 is 62.3 Å². The number of nitrogens with two attached hydrogens (primary N) is 1. The number of aromatic amines is 1. The third-order valence-corrected chi connectivity index (χ3v) is 7.50. The lowest BCUT2D eigenvalue weighted by Crippen LogP contribution is -2.48. The zero-order valence-corrected chi connectivity index (χ0v) is 22.9. The third-order valence-electron chi connectivity index (χ3n) is 5.88. The summed E-state index contributed by atoms with van der Waals surface area (Å²) in [6.07, 6.45) is -5.07. The smallest absolute Gasteiger partial charge is 0.459 e. The molecule has 17 heteroatoms. The highest BCUT2D eigenvalue weighted by Gasteiger charge is 2.58. The van der Waals surface area contributed by atoms with E-state index in [0.29, 0.717) is 0 Å². The van der Waals surface area contributed by atoms with Crippen LogP contribution in [0.3, 0.4) is 0 Å².